The van der Waals surface area contributed by atoms with Gasteiger partial charge in [-0.15, -0.1) is 0 Å². The van der Waals surface area contributed by atoms with Gasteiger partial charge in [-0.05, 0) is 81.0 Å². The normalized spacial score (nSPS) is 15.9. The zero-order valence-corrected chi connectivity index (χ0v) is 39.1. The van der Waals surface area contributed by atoms with Crippen LogP contribution in [0.4, 0.5) is 0 Å². The van der Waals surface area contributed by atoms with E-state index in [0.717, 1.165) is 110 Å². The highest BCUT2D eigenvalue weighted by atomic mass is 16.5. The Morgan fingerprint density at radius 3 is 1.33 bits per heavy atom. The minimum absolute atomic E-state index is 0.0339. The molecule has 1 aliphatic rings. The van der Waals surface area contributed by atoms with E-state index in [1.54, 1.807) is 0 Å². The van der Waals surface area contributed by atoms with Crippen LogP contribution in [0.15, 0.2) is 0 Å². The van der Waals surface area contributed by atoms with Gasteiger partial charge in [0.2, 0.25) is 5.91 Å². The van der Waals surface area contributed by atoms with Crippen molar-refractivity contribution in [3.63, 3.8) is 0 Å². The molecule has 0 aromatic carbocycles. The highest BCUT2D eigenvalue weighted by Crippen LogP contribution is 2.25. The first-order valence-electron chi connectivity index (χ1n) is 24.1. The first-order valence-corrected chi connectivity index (χ1v) is 24.1. The lowest BCUT2D eigenvalue weighted by molar-refractivity contribution is -0.146. The van der Waals surface area contributed by atoms with E-state index in [4.69, 9.17) is 14.2 Å². The summed E-state index contributed by atoms with van der Waals surface area (Å²) in [7, 11) is 0. The Balaban J connectivity index is 2.33. The van der Waals surface area contributed by atoms with Crippen molar-refractivity contribution >= 4 is 17.8 Å². The first-order chi connectivity index (χ1) is 27.2. The van der Waals surface area contributed by atoms with E-state index in [1.807, 2.05) is 0 Å². The Hall–Kier alpha value is -1.67. The molecule has 0 saturated carbocycles. The van der Waals surface area contributed by atoms with Gasteiger partial charge in [0.15, 0.2) is 0 Å². The summed E-state index contributed by atoms with van der Waals surface area (Å²) in [5.74, 6) is 3.47. The molecule has 57 heavy (non-hydrogen) atoms. The average Bonchev–Trinajstić information content (AvgIpc) is 3.15. The number of esters is 2. The van der Waals surface area contributed by atoms with Gasteiger partial charge in [0.05, 0.1) is 26.4 Å². The van der Waals surface area contributed by atoms with Gasteiger partial charge >= 0.3 is 11.9 Å². The Bertz CT molecular complexity index is 950. The molecule has 0 spiro atoms. The predicted molar refractivity (Wildman–Crippen MR) is 238 cm³/mol. The zero-order valence-electron chi connectivity index (χ0n) is 39.1. The van der Waals surface area contributed by atoms with Crippen molar-refractivity contribution in [2.24, 2.45) is 35.5 Å². The molecular weight excluding hydrogens is 713 g/mol. The lowest BCUT2D eigenvalue weighted by Crippen LogP contribution is -2.47. The standard InChI is InChI=1S/C49H94N2O6/c1-40(2)26-28-44(42(5)6)38-56-47(53)24-20-16-12-10-14-18-22-31-49(9,50-46(52)30-33-51-34-36-55-37-35-51)32-23-19-15-11-13-17-21-25-48(54)57-39-45(43(7)8)29-27-41(3)4/h40-45H,10-39H2,1-9H3,(H,50,52). The van der Waals surface area contributed by atoms with E-state index in [0.29, 0.717) is 68.0 Å². The molecular formula is C49H94N2O6. The smallest absolute Gasteiger partial charge is 0.305 e. The van der Waals surface area contributed by atoms with E-state index in [9.17, 15) is 14.4 Å². The van der Waals surface area contributed by atoms with Crippen LogP contribution in [-0.4, -0.2) is 74.3 Å². The van der Waals surface area contributed by atoms with Gasteiger partial charge < -0.3 is 19.5 Å². The minimum atomic E-state index is -0.171. The summed E-state index contributed by atoms with van der Waals surface area (Å²) >= 11 is 0. The molecule has 336 valence electrons. The topological polar surface area (TPSA) is 94.2 Å². The highest BCUT2D eigenvalue weighted by molar-refractivity contribution is 5.77. The third kappa shape index (κ3) is 30.1. The molecule has 1 heterocycles. The summed E-state index contributed by atoms with van der Waals surface area (Å²) in [6.07, 6.45) is 24.0. The molecule has 1 amide bonds. The number of ether oxygens (including phenoxy) is 3. The van der Waals surface area contributed by atoms with Crippen LogP contribution in [0, 0.1) is 35.5 Å². The number of amides is 1. The van der Waals surface area contributed by atoms with Gasteiger partial charge in [-0.2, -0.15) is 0 Å². The molecule has 0 radical (unpaired) electrons. The summed E-state index contributed by atoms with van der Waals surface area (Å²) in [6.45, 7) is 25.5. The van der Waals surface area contributed by atoms with Gasteiger partial charge in [-0.1, -0.05) is 145 Å². The largest absolute Gasteiger partial charge is 0.465 e. The third-order valence-electron chi connectivity index (χ3n) is 12.5. The van der Waals surface area contributed by atoms with Crippen LogP contribution >= 0.6 is 0 Å². The van der Waals surface area contributed by atoms with Gasteiger partial charge in [-0.3, -0.25) is 19.3 Å². The van der Waals surface area contributed by atoms with Crippen LogP contribution < -0.4 is 5.32 Å². The fourth-order valence-electron chi connectivity index (χ4n) is 7.93. The second-order valence-corrected chi connectivity index (χ2v) is 19.6. The van der Waals surface area contributed by atoms with E-state index >= 15 is 0 Å². The van der Waals surface area contributed by atoms with E-state index < -0.39 is 0 Å². The van der Waals surface area contributed by atoms with Crippen LogP contribution in [0.2, 0.25) is 0 Å². The molecule has 0 aromatic rings. The molecule has 2 atom stereocenters. The van der Waals surface area contributed by atoms with Crippen molar-refractivity contribution in [1.29, 1.82) is 0 Å². The Morgan fingerprint density at radius 2 is 0.947 bits per heavy atom. The third-order valence-corrected chi connectivity index (χ3v) is 12.5. The van der Waals surface area contributed by atoms with E-state index in [-0.39, 0.29) is 23.4 Å². The molecule has 1 aliphatic heterocycles. The van der Waals surface area contributed by atoms with Crippen LogP contribution in [0.3, 0.4) is 0 Å². The van der Waals surface area contributed by atoms with Crippen LogP contribution in [0.25, 0.3) is 0 Å². The molecule has 8 nitrogen and oxygen atoms in total. The number of rotatable bonds is 36. The summed E-state index contributed by atoms with van der Waals surface area (Å²) in [4.78, 5) is 40.2. The van der Waals surface area contributed by atoms with Crippen molar-refractivity contribution in [1.82, 2.24) is 10.2 Å². The van der Waals surface area contributed by atoms with E-state index in [2.05, 4.69) is 72.5 Å². The molecule has 8 heteroatoms. The molecule has 1 fully saturated rings. The maximum Gasteiger partial charge on any atom is 0.305 e. The number of carbonyl (C=O) groups excluding carboxylic acids is 3. The molecule has 0 aliphatic carbocycles. The number of carbonyl (C=O) groups is 3. The monoisotopic (exact) mass is 807 g/mol. The van der Waals surface area contributed by atoms with Crippen molar-refractivity contribution in [3.05, 3.63) is 0 Å². The fourth-order valence-corrected chi connectivity index (χ4v) is 7.93. The molecule has 2 unspecified atom stereocenters. The average molecular weight is 807 g/mol. The number of morpholine rings is 1. The predicted octanol–water partition coefficient (Wildman–Crippen LogP) is 12.1. The van der Waals surface area contributed by atoms with Crippen LogP contribution in [0.5, 0.6) is 0 Å². The number of hydrogen-bond donors (Lipinski definition) is 1. The molecule has 1 saturated heterocycles. The van der Waals surface area contributed by atoms with Crippen molar-refractivity contribution in [3.8, 4) is 0 Å². The number of hydrogen-bond acceptors (Lipinski definition) is 7. The molecule has 0 aromatic heterocycles. The van der Waals surface area contributed by atoms with Crippen LogP contribution in [-0.2, 0) is 28.6 Å². The number of nitrogens with one attached hydrogen (secondary N) is 1. The summed E-state index contributed by atoms with van der Waals surface area (Å²) in [6, 6.07) is 0. The molecule has 1 N–H and O–H groups in total. The summed E-state index contributed by atoms with van der Waals surface area (Å²) in [5, 5.41) is 3.48. The fraction of sp³-hybridized carbons (Fsp3) is 0.939. The van der Waals surface area contributed by atoms with Gasteiger partial charge in [0.1, 0.15) is 0 Å². The zero-order chi connectivity index (χ0) is 42.3. The lowest BCUT2D eigenvalue weighted by atomic mass is 9.87. The molecule has 0 bridgehead atoms. The second kappa shape index (κ2) is 33.1. The van der Waals surface area contributed by atoms with Crippen LogP contribution in [0.1, 0.15) is 210 Å². The summed E-state index contributed by atoms with van der Waals surface area (Å²) in [5.41, 5.74) is -0.171. The lowest BCUT2D eigenvalue weighted by Gasteiger charge is -2.32. The Morgan fingerprint density at radius 1 is 0.561 bits per heavy atom. The highest BCUT2D eigenvalue weighted by Gasteiger charge is 2.26. The number of nitrogens with zero attached hydrogens (tertiary/aromatic N) is 1. The van der Waals surface area contributed by atoms with Gasteiger partial charge in [0.25, 0.3) is 0 Å². The maximum absolute atomic E-state index is 13.1. The quantitative estimate of drug-likeness (QED) is 0.0498. The Kier molecular flexibility index (Phi) is 31.0. The first kappa shape index (κ1) is 53.3. The maximum atomic E-state index is 13.1. The number of unbranched alkanes of at least 4 members (excludes halogenated alkanes) is 12. The van der Waals surface area contributed by atoms with Crippen molar-refractivity contribution in [2.45, 2.75) is 216 Å². The van der Waals surface area contributed by atoms with Crippen molar-refractivity contribution in [2.75, 3.05) is 46.1 Å². The van der Waals surface area contributed by atoms with Crippen molar-refractivity contribution < 1.29 is 28.6 Å². The molecule has 1 rings (SSSR count). The SMILES string of the molecule is CC(C)CCC(COC(=O)CCCCCCCCCC(C)(CCCCCCCCCC(=O)OCC(CCC(C)C)C(C)C)NC(=O)CCN1CCOCC1)C(C)C. The summed E-state index contributed by atoms with van der Waals surface area (Å²) < 4.78 is 16.8. The van der Waals surface area contributed by atoms with E-state index in [1.165, 1.54) is 51.4 Å². The second-order valence-electron chi connectivity index (χ2n) is 19.6. The Labute approximate surface area is 352 Å². The van der Waals surface area contributed by atoms with Gasteiger partial charge in [0, 0.05) is 44.4 Å². The van der Waals surface area contributed by atoms with Gasteiger partial charge in [-0.25, -0.2) is 0 Å². The minimum Gasteiger partial charge on any atom is -0.465 e.